The fourth-order valence-electron chi connectivity index (χ4n) is 1.36. The van der Waals surface area contributed by atoms with Crippen molar-refractivity contribution in [3.8, 4) is 12.3 Å². The Morgan fingerprint density at radius 1 is 1.67 bits per heavy atom. The number of amidine groups is 1. The van der Waals surface area contributed by atoms with Gasteiger partial charge in [-0.3, -0.25) is 4.98 Å². The Hall–Kier alpha value is -1.71. The van der Waals surface area contributed by atoms with Gasteiger partial charge in [0.25, 0.3) is 0 Å². The monoisotopic (exact) mass is 264 g/mol. The number of nitrogens with one attached hydrogen (secondary N) is 1. The van der Waals surface area contributed by atoms with E-state index in [1.54, 1.807) is 18.0 Å². The standard InChI is InChI=1S/C12H16N4OS/c1-2-7-18-8-6-14-9-10-4-3-5-15-11(10)12(13)16-17/h1,3-5,14,17H,6-9H2,(H2,13,16). The average molecular weight is 264 g/mol. The van der Waals surface area contributed by atoms with Crippen molar-refractivity contribution in [2.24, 2.45) is 10.9 Å². The van der Waals surface area contributed by atoms with E-state index in [1.165, 1.54) is 0 Å². The van der Waals surface area contributed by atoms with E-state index in [1.807, 2.05) is 12.1 Å². The number of pyridine rings is 1. The van der Waals surface area contributed by atoms with Crippen molar-refractivity contribution >= 4 is 17.6 Å². The molecule has 0 fully saturated rings. The highest BCUT2D eigenvalue weighted by atomic mass is 32.2. The van der Waals surface area contributed by atoms with E-state index in [0.29, 0.717) is 12.2 Å². The molecule has 0 saturated carbocycles. The van der Waals surface area contributed by atoms with Crippen LogP contribution in [0.2, 0.25) is 0 Å². The van der Waals surface area contributed by atoms with Gasteiger partial charge < -0.3 is 16.3 Å². The number of nitrogens with two attached hydrogens (primary N) is 1. The van der Waals surface area contributed by atoms with Gasteiger partial charge in [-0.2, -0.15) is 0 Å². The SMILES string of the molecule is C#CCSCCNCc1cccnc1/C(N)=N\O. The second kappa shape index (κ2) is 8.39. The molecule has 0 amide bonds. The molecule has 0 radical (unpaired) electrons. The number of oxime groups is 1. The molecule has 1 aromatic rings. The zero-order valence-corrected chi connectivity index (χ0v) is 10.8. The summed E-state index contributed by atoms with van der Waals surface area (Å²) in [4.78, 5) is 4.09. The van der Waals surface area contributed by atoms with Gasteiger partial charge in [-0.15, -0.1) is 18.2 Å². The third-order valence-corrected chi connectivity index (χ3v) is 3.03. The topological polar surface area (TPSA) is 83.5 Å². The highest BCUT2D eigenvalue weighted by molar-refractivity contribution is 7.99. The Balaban J connectivity index is 2.45. The van der Waals surface area contributed by atoms with Gasteiger partial charge >= 0.3 is 0 Å². The molecule has 0 atom stereocenters. The predicted octanol–water partition coefficient (Wildman–Crippen LogP) is 0.632. The summed E-state index contributed by atoms with van der Waals surface area (Å²) in [5.41, 5.74) is 6.95. The summed E-state index contributed by atoms with van der Waals surface area (Å²) in [6.07, 6.45) is 6.76. The molecule has 0 aliphatic carbocycles. The summed E-state index contributed by atoms with van der Waals surface area (Å²) >= 11 is 1.70. The van der Waals surface area contributed by atoms with Gasteiger partial charge in [0.1, 0.15) is 5.69 Å². The van der Waals surface area contributed by atoms with Crippen LogP contribution in [0.4, 0.5) is 0 Å². The van der Waals surface area contributed by atoms with Gasteiger partial charge in [-0.1, -0.05) is 17.1 Å². The van der Waals surface area contributed by atoms with Gasteiger partial charge in [0.05, 0.1) is 5.75 Å². The molecular formula is C12H16N4OS. The lowest BCUT2D eigenvalue weighted by atomic mass is 10.2. The smallest absolute Gasteiger partial charge is 0.189 e. The minimum Gasteiger partial charge on any atom is -0.409 e. The van der Waals surface area contributed by atoms with Gasteiger partial charge in [-0.05, 0) is 11.6 Å². The molecule has 0 aliphatic heterocycles. The number of rotatable bonds is 7. The van der Waals surface area contributed by atoms with Crippen molar-refractivity contribution in [3.05, 3.63) is 29.6 Å². The largest absolute Gasteiger partial charge is 0.409 e. The summed E-state index contributed by atoms with van der Waals surface area (Å²) in [6.45, 7) is 1.47. The van der Waals surface area contributed by atoms with Crippen LogP contribution in [-0.4, -0.2) is 34.1 Å². The molecule has 1 aromatic heterocycles. The molecule has 4 N–H and O–H groups in total. The number of thioether (sulfide) groups is 1. The second-order valence-electron chi connectivity index (χ2n) is 3.43. The van der Waals surface area contributed by atoms with Crippen molar-refractivity contribution in [1.29, 1.82) is 0 Å². The first kappa shape index (κ1) is 14.4. The van der Waals surface area contributed by atoms with E-state index >= 15 is 0 Å². The Kier molecular flexibility index (Phi) is 6.69. The summed E-state index contributed by atoms with van der Waals surface area (Å²) in [7, 11) is 0. The maximum absolute atomic E-state index is 8.66. The highest BCUT2D eigenvalue weighted by Gasteiger charge is 2.07. The molecule has 96 valence electrons. The summed E-state index contributed by atoms with van der Waals surface area (Å²) in [5, 5.41) is 14.9. The molecule has 1 rings (SSSR count). The van der Waals surface area contributed by atoms with E-state index in [0.717, 1.165) is 23.6 Å². The van der Waals surface area contributed by atoms with Gasteiger partial charge in [0.15, 0.2) is 5.84 Å². The molecule has 6 heteroatoms. The van der Waals surface area contributed by atoms with Crippen molar-refractivity contribution in [3.63, 3.8) is 0 Å². The summed E-state index contributed by atoms with van der Waals surface area (Å²) < 4.78 is 0. The zero-order chi connectivity index (χ0) is 13.2. The quantitative estimate of drug-likeness (QED) is 0.168. The molecule has 0 unspecified atom stereocenters. The Bertz CT molecular complexity index is 442. The first-order chi connectivity index (χ1) is 8.79. The lowest BCUT2D eigenvalue weighted by Crippen LogP contribution is -2.22. The van der Waals surface area contributed by atoms with Crippen LogP contribution in [0.1, 0.15) is 11.3 Å². The van der Waals surface area contributed by atoms with E-state index in [2.05, 4.69) is 21.4 Å². The van der Waals surface area contributed by atoms with Crippen LogP contribution in [0.5, 0.6) is 0 Å². The van der Waals surface area contributed by atoms with E-state index < -0.39 is 0 Å². The van der Waals surface area contributed by atoms with Gasteiger partial charge in [0, 0.05) is 25.0 Å². The molecule has 0 spiro atoms. The molecule has 18 heavy (non-hydrogen) atoms. The van der Waals surface area contributed by atoms with Crippen LogP contribution in [-0.2, 0) is 6.54 Å². The third-order valence-electron chi connectivity index (χ3n) is 2.17. The number of nitrogens with zero attached hydrogens (tertiary/aromatic N) is 2. The Labute approximate surface area is 111 Å². The van der Waals surface area contributed by atoms with Crippen LogP contribution in [0.15, 0.2) is 23.5 Å². The Morgan fingerprint density at radius 3 is 3.22 bits per heavy atom. The van der Waals surface area contributed by atoms with Crippen molar-refractivity contribution in [2.45, 2.75) is 6.54 Å². The maximum Gasteiger partial charge on any atom is 0.189 e. The fraction of sp³-hybridized carbons (Fsp3) is 0.333. The second-order valence-corrected chi connectivity index (χ2v) is 4.54. The van der Waals surface area contributed by atoms with Crippen LogP contribution in [0.25, 0.3) is 0 Å². The molecule has 5 nitrogen and oxygen atoms in total. The molecule has 1 heterocycles. The van der Waals surface area contributed by atoms with E-state index in [4.69, 9.17) is 17.4 Å². The van der Waals surface area contributed by atoms with Gasteiger partial charge in [0.2, 0.25) is 0 Å². The summed E-state index contributed by atoms with van der Waals surface area (Å²) in [6, 6.07) is 3.71. The molecule has 0 aromatic carbocycles. The van der Waals surface area contributed by atoms with Gasteiger partial charge in [-0.25, -0.2) is 0 Å². The number of hydrogen-bond acceptors (Lipinski definition) is 5. The number of terminal acetylenes is 1. The predicted molar refractivity (Wildman–Crippen MR) is 74.6 cm³/mol. The molecule has 0 saturated heterocycles. The minimum atomic E-state index is 0.0223. The van der Waals surface area contributed by atoms with E-state index in [-0.39, 0.29) is 5.84 Å². The van der Waals surface area contributed by atoms with Crippen molar-refractivity contribution < 1.29 is 5.21 Å². The maximum atomic E-state index is 8.66. The van der Waals surface area contributed by atoms with Crippen LogP contribution < -0.4 is 11.1 Å². The third kappa shape index (κ3) is 4.65. The lowest BCUT2D eigenvalue weighted by Gasteiger charge is -2.08. The summed E-state index contributed by atoms with van der Waals surface area (Å²) in [5.74, 6) is 4.27. The highest BCUT2D eigenvalue weighted by Crippen LogP contribution is 2.05. The molecule has 0 aliphatic rings. The first-order valence-electron chi connectivity index (χ1n) is 5.43. The molecular weight excluding hydrogens is 248 g/mol. The average Bonchev–Trinajstić information content (AvgIpc) is 2.42. The fourth-order valence-corrected chi connectivity index (χ4v) is 1.91. The first-order valence-corrected chi connectivity index (χ1v) is 6.58. The number of aromatic nitrogens is 1. The number of hydrogen-bond donors (Lipinski definition) is 3. The minimum absolute atomic E-state index is 0.0223. The lowest BCUT2D eigenvalue weighted by molar-refractivity contribution is 0.318. The molecule has 0 bridgehead atoms. The zero-order valence-electron chi connectivity index (χ0n) is 9.97. The normalized spacial score (nSPS) is 11.2. The van der Waals surface area contributed by atoms with Crippen molar-refractivity contribution in [2.75, 3.05) is 18.1 Å². The van der Waals surface area contributed by atoms with Crippen molar-refractivity contribution in [1.82, 2.24) is 10.3 Å². The Morgan fingerprint density at radius 2 is 2.50 bits per heavy atom. The van der Waals surface area contributed by atoms with Crippen LogP contribution >= 0.6 is 11.8 Å². The van der Waals surface area contributed by atoms with Crippen LogP contribution in [0, 0.1) is 12.3 Å². The van der Waals surface area contributed by atoms with Crippen LogP contribution in [0.3, 0.4) is 0 Å². The van der Waals surface area contributed by atoms with E-state index in [9.17, 15) is 0 Å².